The molecule has 1 aromatic rings. The van der Waals surface area contributed by atoms with Crippen molar-refractivity contribution >= 4 is 0 Å². The molecule has 0 N–H and O–H groups in total. The van der Waals surface area contributed by atoms with Gasteiger partial charge in [-0.15, -0.1) is 0 Å². The Bertz CT molecular complexity index is 722. The lowest BCUT2D eigenvalue weighted by atomic mass is 9.68. The van der Waals surface area contributed by atoms with Crippen LogP contribution in [0.5, 0.6) is 0 Å². The van der Waals surface area contributed by atoms with Crippen LogP contribution < -0.4 is 0 Å². The summed E-state index contributed by atoms with van der Waals surface area (Å²) in [7, 11) is 0. The topological polar surface area (TPSA) is 23.8 Å². The van der Waals surface area contributed by atoms with E-state index in [1.165, 1.54) is 102 Å². The predicted octanol–water partition coefficient (Wildman–Crippen LogP) is 8.67. The molecule has 170 valence electrons. The summed E-state index contributed by atoms with van der Waals surface area (Å²) in [6.07, 6.45) is 21.8. The number of hydrogen-bond acceptors (Lipinski definition) is 1. The molecule has 3 aliphatic carbocycles. The number of halogens is 2. The fourth-order valence-electron chi connectivity index (χ4n) is 6.97. The summed E-state index contributed by atoms with van der Waals surface area (Å²) in [4.78, 5) is 0. The minimum absolute atomic E-state index is 0.240. The van der Waals surface area contributed by atoms with Crippen molar-refractivity contribution in [2.75, 3.05) is 0 Å². The van der Waals surface area contributed by atoms with Gasteiger partial charge >= 0.3 is 0 Å². The number of nitriles is 1. The lowest BCUT2D eigenvalue weighted by Crippen LogP contribution is -2.25. The second-order valence-corrected chi connectivity index (χ2v) is 10.8. The van der Waals surface area contributed by atoms with E-state index < -0.39 is 17.2 Å². The first kappa shape index (κ1) is 22.8. The maximum absolute atomic E-state index is 14.0. The molecule has 0 radical (unpaired) electrons. The van der Waals surface area contributed by atoms with Gasteiger partial charge in [0.25, 0.3) is 0 Å². The number of benzene rings is 1. The summed E-state index contributed by atoms with van der Waals surface area (Å²) in [6, 6.07) is 4.41. The molecule has 3 heteroatoms. The summed E-state index contributed by atoms with van der Waals surface area (Å²) in [5.74, 6) is 2.49. The van der Waals surface area contributed by atoms with Crippen LogP contribution in [-0.2, 0) is 0 Å². The minimum atomic E-state index is -0.707. The Morgan fingerprint density at radius 2 is 1.19 bits per heavy atom. The number of rotatable bonds is 7. The average molecular weight is 428 g/mol. The average Bonchev–Trinajstić information content (AvgIpc) is 3.31. The molecule has 0 atom stereocenters. The van der Waals surface area contributed by atoms with Gasteiger partial charge in [-0.2, -0.15) is 5.26 Å². The van der Waals surface area contributed by atoms with Crippen molar-refractivity contribution < 1.29 is 8.78 Å². The van der Waals surface area contributed by atoms with Crippen molar-refractivity contribution in [2.24, 2.45) is 23.7 Å². The first-order valence-electron chi connectivity index (χ1n) is 13.0. The van der Waals surface area contributed by atoms with Crippen LogP contribution in [0.1, 0.15) is 120 Å². The van der Waals surface area contributed by atoms with E-state index in [0.717, 1.165) is 42.1 Å². The number of hydrogen-bond donors (Lipinski definition) is 0. The molecule has 31 heavy (non-hydrogen) atoms. The Hall–Kier alpha value is -1.43. The Kier molecular flexibility index (Phi) is 8.02. The van der Waals surface area contributed by atoms with Crippen LogP contribution in [0, 0.1) is 46.6 Å². The van der Waals surface area contributed by atoms with Crippen LogP contribution in [0.3, 0.4) is 0 Å². The summed E-state index contributed by atoms with van der Waals surface area (Å²) in [5, 5.41) is 8.87. The molecule has 0 spiro atoms. The summed E-state index contributed by atoms with van der Waals surface area (Å²) >= 11 is 0. The normalized spacial score (nSPS) is 29.7. The maximum Gasteiger partial charge on any atom is 0.144 e. The van der Waals surface area contributed by atoms with Gasteiger partial charge < -0.3 is 0 Å². The molecular weight excluding hydrogens is 388 g/mol. The van der Waals surface area contributed by atoms with Gasteiger partial charge in [0.05, 0.1) is 0 Å². The third kappa shape index (κ3) is 5.88. The molecule has 0 aliphatic heterocycles. The van der Waals surface area contributed by atoms with Gasteiger partial charge in [-0.05, 0) is 85.8 Å². The van der Waals surface area contributed by atoms with E-state index in [4.69, 9.17) is 5.26 Å². The number of unbranched alkanes of at least 4 members (excludes halogenated alkanes) is 1. The standard InChI is InChI=1S/C28H39F2N/c29-27-17-25(18-28(30)26(27)19-31)24-15-13-23(14-16-24)22-11-9-21(10-12-22)8-4-3-7-20-5-1-2-6-20/h17-18,20-24H,1-16H2. The Morgan fingerprint density at radius 1 is 0.710 bits per heavy atom. The van der Waals surface area contributed by atoms with E-state index in [-0.39, 0.29) is 5.92 Å². The molecule has 0 bridgehead atoms. The molecular formula is C28H39F2N. The van der Waals surface area contributed by atoms with Crippen LogP contribution in [0.4, 0.5) is 8.78 Å². The van der Waals surface area contributed by atoms with E-state index in [9.17, 15) is 8.78 Å². The Morgan fingerprint density at radius 3 is 1.71 bits per heavy atom. The largest absolute Gasteiger partial charge is 0.205 e. The van der Waals surface area contributed by atoms with Gasteiger partial charge in [0, 0.05) is 0 Å². The third-order valence-electron chi connectivity index (χ3n) is 8.93. The SMILES string of the molecule is N#Cc1c(F)cc(C2CCC(C3CCC(CCCCC4CCCC4)CC3)CC2)cc1F. The quantitative estimate of drug-likeness (QED) is 0.399. The van der Waals surface area contributed by atoms with Crippen molar-refractivity contribution in [1.82, 2.24) is 0 Å². The second-order valence-electron chi connectivity index (χ2n) is 10.8. The fourth-order valence-corrected chi connectivity index (χ4v) is 6.97. The molecule has 0 aromatic heterocycles. The zero-order chi connectivity index (χ0) is 21.6. The Balaban J connectivity index is 1.16. The van der Waals surface area contributed by atoms with Crippen LogP contribution in [-0.4, -0.2) is 0 Å². The van der Waals surface area contributed by atoms with Gasteiger partial charge in [0.15, 0.2) is 0 Å². The smallest absolute Gasteiger partial charge is 0.144 e. The van der Waals surface area contributed by atoms with Crippen molar-refractivity contribution in [1.29, 1.82) is 5.26 Å². The zero-order valence-corrected chi connectivity index (χ0v) is 19.1. The van der Waals surface area contributed by atoms with Crippen LogP contribution >= 0.6 is 0 Å². The van der Waals surface area contributed by atoms with Crippen LogP contribution in [0.25, 0.3) is 0 Å². The van der Waals surface area contributed by atoms with E-state index in [0.29, 0.717) is 0 Å². The molecule has 3 saturated carbocycles. The lowest BCUT2D eigenvalue weighted by Gasteiger charge is -2.38. The molecule has 1 nitrogen and oxygen atoms in total. The summed E-state index contributed by atoms with van der Waals surface area (Å²) < 4.78 is 28.0. The molecule has 0 saturated heterocycles. The van der Waals surface area contributed by atoms with E-state index in [1.54, 1.807) is 6.07 Å². The van der Waals surface area contributed by atoms with E-state index in [1.807, 2.05) is 0 Å². The maximum atomic E-state index is 14.0. The summed E-state index contributed by atoms with van der Waals surface area (Å²) in [5.41, 5.74) is 0.293. The number of nitrogens with zero attached hydrogens (tertiary/aromatic N) is 1. The van der Waals surface area contributed by atoms with E-state index >= 15 is 0 Å². The highest BCUT2D eigenvalue weighted by molar-refractivity contribution is 5.36. The first-order chi connectivity index (χ1) is 15.1. The monoisotopic (exact) mass is 427 g/mol. The van der Waals surface area contributed by atoms with Crippen molar-refractivity contribution in [3.05, 3.63) is 34.9 Å². The van der Waals surface area contributed by atoms with Crippen molar-refractivity contribution in [2.45, 2.75) is 109 Å². The van der Waals surface area contributed by atoms with Gasteiger partial charge in [-0.1, -0.05) is 64.2 Å². The lowest BCUT2D eigenvalue weighted by molar-refractivity contribution is 0.155. The zero-order valence-electron chi connectivity index (χ0n) is 19.1. The third-order valence-corrected chi connectivity index (χ3v) is 8.93. The van der Waals surface area contributed by atoms with Gasteiger partial charge in [0.2, 0.25) is 0 Å². The van der Waals surface area contributed by atoms with Crippen molar-refractivity contribution in [3.8, 4) is 6.07 Å². The molecule has 4 rings (SSSR count). The van der Waals surface area contributed by atoms with Crippen molar-refractivity contribution in [3.63, 3.8) is 0 Å². The molecule has 3 fully saturated rings. The molecule has 3 aliphatic rings. The van der Waals surface area contributed by atoms with Crippen LogP contribution in [0.15, 0.2) is 12.1 Å². The second kappa shape index (κ2) is 10.9. The highest BCUT2D eigenvalue weighted by Crippen LogP contribution is 2.45. The highest BCUT2D eigenvalue weighted by Gasteiger charge is 2.31. The Labute approximate surface area is 187 Å². The van der Waals surface area contributed by atoms with Gasteiger partial charge in [-0.3, -0.25) is 0 Å². The highest BCUT2D eigenvalue weighted by atomic mass is 19.1. The van der Waals surface area contributed by atoms with Gasteiger partial charge in [0.1, 0.15) is 23.3 Å². The van der Waals surface area contributed by atoms with Gasteiger partial charge in [-0.25, -0.2) is 8.78 Å². The molecule has 0 amide bonds. The van der Waals surface area contributed by atoms with E-state index in [2.05, 4.69) is 0 Å². The fraction of sp³-hybridized carbons (Fsp3) is 0.750. The predicted molar refractivity (Wildman–Crippen MR) is 122 cm³/mol. The molecule has 0 unspecified atom stereocenters. The first-order valence-corrected chi connectivity index (χ1v) is 13.0. The van der Waals surface area contributed by atoms with Crippen LogP contribution in [0.2, 0.25) is 0 Å². The summed E-state index contributed by atoms with van der Waals surface area (Å²) in [6.45, 7) is 0. The molecule has 0 heterocycles. The minimum Gasteiger partial charge on any atom is -0.205 e. The molecule has 1 aromatic carbocycles.